The molecule has 1 aromatic carbocycles. The van der Waals surface area contributed by atoms with Crippen molar-refractivity contribution in [1.29, 1.82) is 0 Å². The molecule has 18 heavy (non-hydrogen) atoms. The van der Waals surface area contributed by atoms with Gasteiger partial charge < -0.3 is 15.7 Å². The van der Waals surface area contributed by atoms with Gasteiger partial charge in [0, 0.05) is 30.7 Å². The number of halogens is 1. The molecule has 1 fully saturated rings. The van der Waals surface area contributed by atoms with Crippen molar-refractivity contribution in [1.82, 2.24) is 4.90 Å². The largest absolute Gasteiger partial charge is 0.389 e. The Kier molecular flexibility index (Phi) is 4.28. The van der Waals surface area contributed by atoms with Gasteiger partial charge in [-0.1, -0.05) is 23.7 Å². The van der Waals surface area contributed by atoms with Gasteiger partial charge in [0.1, 0.15) is 0 Å². The molecule has 0 radical (unpaired) electrons. The summed E-state index contributed by atoms with van der Waals surface area (Å²) in [6, 6.07) is 7.73. The Morgan fingerprint density at radius 2 is 2.33 bits per heavy atom. The van der Waals surface area contributed by atoms with Gasteiger partial charge in [0.05, 0.1) is 5.60 Å². The molecule has 0 saturated carbocycles. The molecule has 1 saturated heterocycles. The van der Waals surface area contributed by atoms with Gasteiger partial charge in [-0.15, -0.1) is 0 Å². The summed E-state index contributed by atoms with van der Waals surface area (Å²) in [6.45, 7) is 4.51. The summed E-state index contributed by atoms with van der Waals surface area (Å²) in [4.78, 5) is 2.27. The molecule has 1 aliphatic rings. The summed E-state index contributed by atoms with van der Waals surface area (Å²) in [5, 5.41) is 10.6. The van der Waals surface area contributed by atoms with E-state index < -0.39 is 5.60 Å². The Morgan fingerprint density at radius 1 is 1.56 bits per heavy atom. The van der Waals surface area contributed by atoms with E-state index in [1.54, 1.807) is 0 Å². The highest BCUT2D eigenvalue weighted by molar-refractivity contribution is 6.30. The normalized spacial score (nSPS) is 26.4. The smallest absolute Gasteiger partial charge is 0.0758 e. The van der Waals surface area contributed by atoms with E-state index in [0.717, 1.165) is 43.1 Å². The number of rotatable bonds is 4. The van der Waals surface area contributed by atoms with Crippen molar-refractivity contribution < 1.29 is 5.11 Å². The second-order valence-electron chi connectivity index (χ2n) is 5.47. The maximum absolute atomic E-state index is 9.89. The predicted molar refractivity (Wildman–Crippen MR) is 74.7 cm³/mol. The van der Waals surface area contributed by atoms with Crippen molar-refractivity contribution in [2.45, 2.75) is 31.4 Å². The molecule has 100 valence electrons. The minimum absolute atomic E-state index is 0.00856. The highest BCUT2D eigenvalue weighted by Crippen LogP contribution is 2.23. The van der Waals surface area contributed by atoms with E-state index in [1.165, 1.54) is 0 Å². The number of nitrogens with zero attached hydrogens (tertiary/aromatic N) is 1. The Morgan fingerprint density at radius 3 is 2.94 bits per heavy atom. The lowest BCUT2D eigenvalue weighted by Crippen LogP contribution is -2.31. The summed E-state index contributed by atoms with van der Waals surface area (Å²) in [6.07, 6.45) is 1.73. The van der Waals surface area contributed by atoms with Crippen LogP contribution in [-0.2, 0) is 0 Å². The number of benzene rings is 1. The van der Waals surface area contributed by atoms with Crippen LogP contribution in [0.25, 0.3) is 0 Å². The van der Waals surface area contributed by atoms with Crippen molar-refractivity contribution >= 4 is 11.6 Å². The fourth-order valence-corrected chi connectivity index (χ4v) is 2.65. The Hall–Kier alpha value is -0.610. The van der Waals surface area contributed by atoms with Crippen LogP contribution in [0.1, 0.15) is 31.4 Å². The topological polar surface area (TPSA) is 49.5 Å². The van der Waals surface area contributed by atoms with Gasteiger partial charge in [-0.2, -0.15) is 0 Å². The van der Waals surface area contributed by atoms with E-state index in [9.17, 15) is 5.11 Å². The fraction of sp³-hybridized carbons (Fsp3) is 0.571. The van der Waals surface area contributed by atoms with Gasteiger partial charge in [-0.3, -0.25) is 0 Å². The Balaban J connectivity index is 1.84. The van der Waals surface area contributed by atoms with Crippen molar-refractivity contribution in [2.24, 2.45) is 5.73 Å². The maximum atomic E-state index is 9.89. The number of hydrogen-bond acceptors (Lipinski definition) is 3. The second kappa shape index (κ2) is 5.57. The summed E-state index contributed by atoms with van der Waals surface area (Å²) in [5.74, 6) is 0. The number of β-amino-alcohol motifs (C(OH)–C–C–N with tert-alkyl or cyclic N) is 1. The minimum atomic E-state index is -0.528. The van der Waals surface area contributed by atoms with E-state index >= 15 is 0 Å². The molecule has 2 unspecified atom stereocenters. The highest BCUT2D eigenvalue weighted by Gasteiger charge is 2.30. The zero-order valence-electron chi connectivity index (χ0n) is 10.8. The Labute approximate surface area is 114 Å². The monoisotopic (exact) mass is 268 g/mol. The van der Waals surface area contributed by atoms with Crippen LogP contribution in [0.4, 0.5) is 0 Å². The number of likely N-dealkylation sites (tertiary alicyclic amines) is 1. The molecule has 3 nitrogen and oxygen atoms in total. The minimum Gasteiger partial charge on any atom is -0.389 e. The van der Waals surface area contributed by atoms with Crippen LogP contribution in [-0.4, -0.2) is 35.2 Å². The van der Waals surface area contributed by atoms with Crippen LogP contribution < -0.4 is 5.73 Å². The second-order valence-corrected chi connectivity index (χ2v) is 5.91. The van der Waals surface area contributed by atoms with Crippen LogP contribution in [0.2, 0.25) is 5.02 Å². The molecule has 4 heteroatoms. The van der Waals surface area contributed by atoms with Gasteiger partial charge in [0.15, 0.2) is 0 Å². The van der Waals surface area contributed by atoms with E-state index in [-0.39, 0.29) is 6.04 Å². The molecule has 3 N–H and O–H groups in total. The fourth-order valence-electron chi connectivity index (χ4n) is 2.46. The number of nitrogens with two attached hydrogens (primary N) is 1. The van der Waals surface area contributed by atoms with Crippen molar-refractivity contribution in [2.75, 3.05) is 19.6 Å². The van der Waals surface area contributed by atoms with Gasteiger partial charge in [-0.05, 0) is 37.5 Å². The van der Waals surface area contributed by atoms with E-state index in [2.05, 4.69) is 4.90 Å². The lowest BCUT2D eigenvalue weighted by molar-refractivity contribution is 0.0684. The van der Waals surface area contributed by atoms with Crippen LogP contribution >= 0.6 is 11.6 Å². The zero-order chi connectivity index (χ0) is 13.2. The summed E-state index contributed by atoms with van der Waals surface area (Å²) >= 11 is 5.95. The van der Waals surface area contributed by atoms with Gasteiger partial charge in [-0.25, -0.2) is 0 Å². The van der Waals surface area contributed by atoms with E-state index in [1.807, 2.05) is 31.2 Å². The molecule has 1 aliphatic heterocycles. The molecule has 0 aromatic heterocycles. The molecule has 1 aromatic rings. The molecule has 2 atom stereocenters. The van der Waals surface area contributed by atoms with Gasteiger partial charge in [0.2, 0.25) is 0 Å². The molecule has 0 aliphatic carbocycles. The van der Waals surface area contributed by atoms with Crippen molar-refractivity contribution in [3.63, 3.8) is 0 Å². The highest BCUT2D eigenvalue weighted by atomic mass is 35.5. The third-order valence-corrected chi connectivity index (χ3v) is 3.80. The summed E-state index contributed by atoms with van der Waals surface area (Å²) in [7, 11) is 0. The lowest BCUT2D eigenvalue weighted by atomic mass is 10.0. The first kappa shape index (κ1) is 13.8. The van der Waals surface area contributed by atoms with Crippen LogP contribution in [0.5, 0.6) is 0 Å². The van der Waals surface area contributed by atoms with Gasteiger partial charge in [0.25, 0.3) is 0 Å². The van der Waals surface area contributed by atoms with Crippen LogP contribution in [0, 0.1) is 0 Å². The molecule has 0 spiro atoms. The zero-order valence-corrected chi connectivity index (χ0v) is 11.5. The van der Waals surface area contributed by atoms with Crippen molar-refractivity contribution in [3.05, 3.63) is 34.9 Å². The summed E-state index contributed by atoms with van der Waals surface area (Å²) in [5.41, 5.74) is 6.71. The van der Waals surface area contributed by atoms with E-state index in [0.29, 0.717) is 0 Å². The van der Waals surface area contributed by atoms with E-state index in [4.69, 9.17) is 17.3 Å². The average Bonchev–Trinajstić information content (AvgIpc) is 2.66. The first-order valence-electron chi connectivity index (χ1n) is 6.42. The quantitative estimate of drug-likeness (QED) is 0.880. The van der Waals surface area contributed by atoms with Crippen LogP contribution in [0.15, 0.2) is 24.3 Å². The lowest BCUT2D eigenvalue weighted by Gasteiger charge is -2.20. The predicted octanol–water partition coefficient (Wildman–Crippen LogP) is 2.19. The first-order chi connectivity index (χ1) is 8.46. The SMILES string of the molecule is CC1(O)CCN(CCC(N)c2cccc(Cl)c2)C1. The molecule has 1 heterocycles. The first-order valence-corrected chi connectivity index (χ1v) is 6.80. The number of hydrogen-bond donors (Lipinski definition) is 2. The standard InChI is InChI=1S/C14H21ClN2O/c1-14(18)6-8-17(10-14)7-5-13(16)11-3-2-4-12(15)9-11/h2-4,9,13,18H,5-8,10,16H2,1H3. The third-order valence-electron chi connectivity index (χ3n) is 3.56. The third kappa shape index (κ3) is 3.69. The Bertz CT molecular complexity index is 409. The molecule has 2 rings (SSSR count). The maximum Gasteiger partial charge on any atom is 0.0758 e. The van der Waals surface area contributed by atoms with Crippen LogP contribution in [0.3, 0.4) is 0 Å². The van der Waals surface area contributed by atoms with Gasteiger partial charge >= 0.3 is 0 Å². The molecule has 0 bridgehead atoms. The number of aliphatic hydroxyl groups is 1. The molecular weight excluding hydrogens is 248 g/mol. The molecule has 0 amide bonds. The molecular formula is C14H21ClN2O. The van der Waals surface area contributed by atoms with Crippen molar-refractivity contribution in [3.8, 4) is 0 Å². The summed E-state index contributed by atoms with van der Waals surface area (Å²) < 4.78 is 0. The average molecular weight is 269 g/mol.